The molecule has 0 aromatic heterocycles. The Morgan fingerprint density at radius 2 is 2.40 bits per heavy atom. The molecule has 1 fully saturated rings. The highest BCUT2D eigenvalue weighted by Gasteiger charge is 2.54. The number of benzene rings is 1. The minimum Gasteiger partial charge on any atom is -0.535 e. The Kier molecular flexibility index (Phi) is 1.71. The standard InChI is InChI=1S/C11H11BO3/c1-6(13)7-3-2-4-8-9-5-10(9)12(14)15-11(7)8/h2-4,9-10,14H,5H2,1H3. The number of carbonyl (C=O) groups excluding carboxylic acids is 1. The van der Waals surface area contributed by atoms with Gasteiger partial charge in [-0.2, -0.15) is 0 Å². The molecular weight excluding hydrogens is 191 g/mol. The summed E-state index contributed by atoms with van der Waals surface area (Å²) in [5.74, 6) is 1.21. The lowest BCUT2D eigenvalue weighted by Crippen LogP contribution is -2.27. The van der Waals surface area contributed by atoms with Crippen LogP contribution in [-0.4, -0.2) is 17.9 Å². The quantitative estimate of drug-likeness (QED) is 0.555. The van der Waals surface area contributed by atoms with E-state index in [4.69, 9.17) is 4.65 Å². The van der Waals surface area contributed by atoms with Crippen molar-refractivity contribution < 1.29 is 14.5 Å². The zero-order valence-corrected chi connectivity index (χ0v) is 8.43. The first-order chi connectivity index (χ1) is 7.18. The van der Waals surface area contributed by atoms with E-state index in [0.717, 1.165) is 12.0 Å². The fourth-order valence-corrected chi connectivity index (χ4v) is 2.35. The third-order valence-corrected chi connectivity index (χ3v) is 3.27. The van der Waals surface area contributed by atoms with Gasteiger partial charge in [0.2, 0.25) is 0 Å². The molecule has 4 heteroatoms. The Morgan fingerprint density at radius 1 is 1.60 bits per heavy atom. The van der Waals surface area contributed by atoms with Crippen LogP contribution in [0.15, 0.2) is 18.2 Å². The summed E-state index contributed by atoms with van der Waals surface area (Å²) >= 11 is 0. The third kappa shape index (κ3) is 1.21. The number of ketones is 1. The van der Waals surface area contributed by atoms with Gasteiger partial charge in [0.25, 0.3) is 0 Å². The fraction of sp³-hybridized carbons (Fsp3) is 0.364. The van der Waals surface area contributed by atoms with Gasteiger partial charge in [-0.15, -0.1) is 0 Å². The average molecular weight is 202 g/mol. The van der Waals surface area contributed by atoms with Gasteiger partial charge in [-0.1, -0.05) is 12.1 Å². The molecule has 3 nitrogen and oxygen atoms in total. The smallest absolute Gasteiger partial charge is 0.526 e. The van der Waals surface area contributed by atoms with Crippen molar-refractivity contribution in [3.63, 3.8) is 0 Å². The monoisotopic (exact) mass is 202 g/mol. The molecule has 15 heavy (non-hydrogen) atoms. The lowest BCUT2D eigenvalue weighted by atomic mass is 9.77. The maximum Gasteiger partial charge on any atom is 0.526 e. The molecule has 0 spiro atoms. The van der Waals surface area contributed by atoms with Crippen molar-refractivity contribution in [1.29, 1.82) is 0 Å². The molecule has 2 aliphatic rings. The van der Waals surface area contributed by atoms with Gasteiger partial charge in [0.05, 0.1) is 5.56 Å². The van der Waals surface area contributed by atoms with Gasteiger partial charge in [0.1, 0.15) is 5.75 Å². The van der Waals surface area contributed by atoms with Crippen molar-refractivity contribution in [1.82, 2.24) is 0 Å². The minimum absolute atomic E-state index is 0.0156. The molecule has 1 aromatic carbocycles. The maximum absolute atomic E-state index is 11.4. The van der Waals surface area contributed by atoms with Crippen molar-refractivity contribution in [2.45, 2.75) is 25.1 Å². The van der Waals surface area contributed by atoms with E-state index in [9.17, 15) is 9.82 Å². The molecule has 0 bridgehead atoms. The largest absolute Gasteiger partial charge is 0.535 e. The van der Waals surface area contributed by atoms with E-state index in [2.05, 4.69) is 0 Å². The van der Waals surface area contributed by atoms with Gasteiger partial charge in [0, 0.05) is 5.82 Å². The first kappa shape index (κ1) is 8.98. The van der Waals surface area contributed by atoms with Crippen LogP contribution in [0, 0.1) is 0 Å². The molecule has 1 aliphatic heterocycles. The number of para-hydroxylation sites is 1. The molecule has 1 heterocycles. The minimum atomic E-state index is -0.733. The Hall–Kier alpha value is -1.29. The number of hydrogen-bond acceptors (Lipinski definition) is 3. The molecular formula is C11H11BO3. The van der Waals surface area contributed by atoms with Crippen molar-refractivity contribution >= 4 is 12.9 Å². The molecule has 3 rings (SSSR count). The van der Waals surface area contributed by atoms with Crippen LogP contribution in [0.2, 0.25) is 5.82 Å². The highest BCUT2D eigenvalue weighted by molar-refractivity contribution is 6.48. The second-order valence-electron chi connectivity index (χ2n) is 4.29. The molecule has 1 saturated carbocycles. The van der Waals surface area contributed by atoms with Crippen molar-refractivity contribution in [3.8, 4) is 5.75 Å². The van der Waals surface area contributed by atoms with Crippen LogP contribution in [0.4, 0.5) is 0 Å². The molecule has 0 amide bonds. The predicted octanol–water partition coefficient (Wildman–Crippen LogP) is 1.62. The summed E-state index contributed by atoms with van der Waals surface area (Å²) in [6.07, 6.45) is 0.968. The predicted molar refractivity (Wildman–Crippen MR) is 56.2 cm³/mol. The van der Waals surface area contributed by atoms with E-state index in [-0.39, 0.29) is 11.6 Å². The molecule has 2 atom stereocenters. The zero-order chi connectivity index (χ0) is 10.6. The van der Waals surface area contributed by atoms with Gasteiger partial charge >= 0.3 is 7.12 Å². The molecule has 1 N–H and O–H groups in total. The van der Waals surface area contributed by atoms with E-state index >= 15 is 0 Å². The summed E-state index contributed by atoms with van der Waals surface area (Å²) in [5, 5.41) is 9.64. The van der Waals surface area contributed by atoms with Crippen LogP contribution in [0.1, 0.15) is 35.2 Å². The van der Waals surface area contributed by atoms with E-state index < -0.39 is 7.12 Å². The van der Waals surface area contributed by atoms with E-state index in [1.807, 2.05) is 12.1 Å². The number of hydrogen-bond donors (Lipinski definition) is 1. The van der Waals surface area contributed by atoms with E-state index in [1.165, 1.54) is 6.92 Å². The average Bonchev–Trinajstić information content (AvgIpc) is 2.97. The molecule has 1 aromatic rings. The highest BCUT2D eigenvalue weighted by Crippen LogP contribution is 2.60. The first-order valence-corrected chi connectivity index (χ1v) is 5.17. The van der Waals surface area contributed by atoms with Crippen LogP contribution >= 0.6 is 0 Å². The van der Waals surface area contributed by atoms with Crippen LogP contribution < -0.4 is 4.65 Å². The van der Waals surface area contributed by atoms with Gasteiger partial charge in [-0.25, -0.2) is 0 Å². The number of carbonyl (C=O) groups is 1. The van der Waals surface area contributed by atoms with Crippen LogP contribution in [0.3, 0.4) is 0 Å². The van der Waals surface area contributed by atoms with E-state index in [1.54, 1.807) is 6.07 Å². The van der Waals surface area contributed by atoms with Crippen molar-refractivity contribution in [3.05, 3.63) is 29.3 Å². The molecule has 0 saturated heterocycles. The van der Waals surface area contributed by atoms with Gasteiger partial charge in [-0.05, 0) is 30.9 Å². The fourth-order valence-electron chi connectivity index (χ4n) is 2.35. The van der Waals surface area contributed by atoms with Gasteiger partial charge in [0.15, 0.2) is 5.78 Å². The third-order valence-electron chi connectivity index (χ3n) is 3.27. The molecule has 2 unspecified atom stereocenters. The second-order valence-corrected chi connectivity index (χ2v) is 4.29. The summed E-state index contributed by atoms with van der Waals surface area (Å²) < 4.78 is 5.41. The highest BCUT2D eigenvalue weighted by atomic mass is 16.5. The Bertz CT molecular complexity index is 443. The maximum atomic E-state index is 11.4. The van der Waals surface area contributed by atoms with Crippen LogP contribution in [0.5, 0.6) is 5.75 Å². The summed E-state index contributed by atoms with van der Waals surface area (Å²) in [6, 6.07) is 5.61. The van der Waals surface area contributed by atoms with Crippen LogP contribution in [-0.2, 0) is 0 Å². The van der Waals surface area contributed by atoms with Gasteiger partial charge in [-0.3, -0.25) is 4.79 Å². The van der Waals surface area contributed by atoms with E-state index in [0.29, 0.717) is 17.2 Å². The Labute approximate surface area is 88.2 Å². The lowest BCUT2D eigenvalue weighted by molar-refractivity contribution is 0.101. The Morgan fingerprint density at radius 3 is 3.13 bits per heavy atom. The second kappa shape index (κ2) is 2.86. The summed E-state index contributed by atoms with van der Waals surface area (Å²) in [4.78, 5) is 11.4. The lowest BCUT2D eigenvalue weighted by Gasteiger charge is -2.21. The zero-order valence-electron chi connectivity index (χ0n) is 8.43. The van der Waals surface area contributed by atoms with Crippen molar-refractivity contribution in [2.24, 2.45) is 0 Å². The summed E-state index contributed by atoms with van der Waals surface area (Å²) in [6.45, 7) is 1.52. The van der Waals surface area contributed by atoms with Crippen LogP contribution in [0.25, 0.3) is 0 Å². The number of fused-ring (bicyclic) bond motifs is 3. The topological polar surface area (TPSA) is 46.5 Å². The summed E-state index contributed by atoms with van der Waals surface area (Å²) in [7, 11) is -0.733. The first-order valence-electron chi connectivity index (χ1n) is 5.17. The normalized spacial score (nSPS) is 26.4. The van der Waals surface area contributed by atoms with Gasteiger partial charge < -0.3 is 9.68 Å². The molecule has 1 aliphatic carbocycles. The SMILES string of the molecule is CC(=O)c1cccc2c1OB(O)C1CC21. The Balaban J connectivity index is 2.14. The molecule has 76 valence electrons. The van der Waals surface area contributed by atoms with Crippen molar-refractivity contribution in [2.75, 3.05) is 0 Å². The summed E-state index contributed by atoms with van der Waals surface area (Å²) in [5.41, 5.74) is 1.66. The number of Topliss-reactive ketones (excluding diaryl/α,β-unsaturated/α-hetero) is 1. The molecule has 0 radical (unpaired) electrons. The number of rotatable bonds is 1.